The van der Waals surface area contributed by atoms with Gasteiger partial charge < -0.3 is 4.74 Å². The van der Waals surface area contributed by atoms with Crippen molar-refractivity contribution in [2.75, 3.05) is 17.6 Å². The van der Waals surface area contributed by atoms with Crippen LogP contribution in [0.15, 0.2) is 29.6 Å². The van der Waals surface area contributed by atoms with Gasteiger partial charge in [-0.15, -0.1) is 16.4 Å². The zero-order valence-electron chi connectivity index (χ0n) is 13.4. The number of hydrogen-bond donors (Lipinski definition) is 1. The molecule has 0 aliphatic heterocycles. The average Bonchev–Trinajstić information content (AvgIpc) is 3.12. The summed E-state index contributed by atoms with van der Waals surface area (Å²) in [6.45, 7) is 1.95. The maximum Gasteiger partial charge on any atom is 0.257 e. The minimum Gasteiger partial charge on any atom is -0.497 e. The molecule has 24 heavy (non-hydrogen) atoms. The smallest absolute Gasteiger partial charge is 0.257 e. The number of sulfonamides is 1. The lowest BCUT2D eigenvalue weighted by Crippen LogP contribution is -2.17. The van der Waals surface area contributed by atoms with Crippen molar-refractivity contribution in [1.29, 1.82) is 0 Å². The number of hydrogen-bond acceptors (Lipinski definition) is 6. The first kappa shape index (κ1) is 16.7. The van der Waals surface area contributed by atoms with E-state index in [0.717, 1.165) is 23.4 Å². The predicted molar refractivity (Wildman–Crippen MR) is 95.2 cm³/mol. The number of nitrogens with one attached hydrogen (secondary N) is 1. The van der Waals surface area contributed by atoms with E-state index in [1.54, 1.807) is 11.6 Å². The van der Waals surface area contributed by atoms with Gasteiger partial charge in [0.2, 0.25) is 15.0 Å². The van der Waals surface area contributed by atoms with Gasteiger partial charge in [0, 0.05) is 10.9 Å². The van der Waals surface area contributed by atoms with E-state index >= 15 is 0 Å². The quantitative estimate of drug-likeness (QED) is 0.695. The van der Waals surface area contributed by atoms with Crippen molar-refractivity contribution in [3.8, 4) is 17.0 Å². The molecule has 2 aromatic heterocycles. The van der Waals surface area contributed by atoms with Gasteiger partial charge in [-0.05, 0) is 18.6 Å². The third-order valence-corrected chi connectivity index (χ3v) is 5.60. The molecule has 0 aliphatic rings. The van der Waals surface area contributed by atoms with Crippen molar-refractivity contribution in [3.05, 3.63) is 29.6 Å². The summed E-state index contributed by atoms with van der Waals surface area (Å²) in [6, 6.07) is 7.59. The van der Waals surface area contributed by atoms with Crippen molar-refractivity contribution in [2.45, 2.75) is 19.8 Å². The van der Waals surface area contributed by atoms with Crippen LogP contribution in [-0.2, 0) is 10.0 Å². The summed E-state index contributed by atoms with van der Waals surface area (Å²) in [4.78, 5) is 4.87. The summed E-state index contributed by atoms with van der Waals surface area (Å²) >= 11 is 1.40. The number of nitrogens with zero attached hydrogens (tertiary/aromatic N) is 3. The number of ether oxygens (including phenoxy) is 1. The molecule has 3 aromatic rings. The zero-order chi connectivity index (χ0) is 17.2. The molecule has 128 valence electrons. The molecule has 0 amide bonds. The van der Waals surface area contributed by atoms with Gasteiger partial charge in [0.05, 0.1) is 18.6 Å². The Morgan fingerprint density at radius 1 is 1.38 bits per heavy atom. The molecule has 0 radical (unpaired) electrons. The van der Waals surface area contributed by atoms with Crippen LogP contribution in [0.3, 0.4) is 0 Å². The molecule has 3 rings (SSSR count). The van der Waals surface area contributed by atoms with E-state index in [1.807, 2.05) is 36.6 Å². The van der Waals surface area contributed by atoms with E-state index in [2.05, 4.69) is 14.8 Å². The van der Waals surface area contributed by atoms with Crippen LogP contribution in [0.5, 0.6) is 5.75 Å². The number of fused-ring (bicyclic) bond motifs is 1. The molecule has 0 atom stereocenters. The van der Waals surface area contributed by atoms with Gasteiger partial charge in [0.15, 0.2) is 0 Å². The second-order valence-electron chi connectivity index (χ2n) is 5.26. The molecule has 0 bridgehead atoms. The minimum absolute atomic E-state index is 0.0685. The Balaban J connectivity index is 1.91. The summed E-state index contributed by atoms with van der Waals surface area (Å²) < 4.78 is 33.3. The number of benzene rings is 1. The molecule has 0 saturated carbocycles. The first-order valence-corrected chi connectivity index (χ1v) is 10.0. The molecule has 1 N–H and O–H groups in total. The third-order valence-electron chi connectivity index (χ3n) is 3.46. The largest absolute Gasteiger partial charge is 0.497 e. The van der Waals surface area contributed by atoms with Crippen molar-refractivity contribution < 1.29 is 13.2 Å². The van der Waals surface area contributed by atoms with Crippen molar-refractivity contribution in [1.82, 2.24) is 14.6 Å². The molecule has 1 aromatic carbocycles. The molecule has 9 heteroatoms. The topological polar surface area (TPSA) is 85.6 Å². The molecule has 2 heterocycles. The van der Waals surface area contributed by atoms with Gasteiger partial charge in [0.1, 0.15) is 5.75 Å². The summed E-state index contributed by atoms with van der Waals surface area (Å²) in [5.41, 5.74) is 1.76. The Morgan fingerprint density at radius 2 is 2.21 bits per heavy atom. The first-order valence-electron chi connectivity index (χ1n) is 7.51. The van der Waals surface area contributed by atoms with Crippen LogP contribution in [-0.4, -0.2) is 35.9 Å². The summed E-state index contributed by atoms with van der Waals surface area (Å²) in [5.74, 6) is 0.911. The Kier molecular flexibility index (Phi) is 4.72. The van der Waals surface area contributed by atoms with Crippen LogP contribution in [0.1, 0.15) is 19.8 Å². The summed E-state index contributed by atoms with van der Waals surface area (Å²) in [7, 11) is -1.80. The second kappa shape index (κ2) is 6.78. The summed E-state index contributed by atoms with van der Waals surface area (Å²) in [5, 5.41) is 6.21. The highest BCUT2D eigenvalue weighted by Crippen LogP contribution is 2.28. The molecule has 0 unspecified atom stereocenters. The fourth-order valence-corrected chi connectivity index (χ4v) is 4.20. The predicted octanol–water partition coefficient (Wildman–Crippen LogP) is 3.01. The number of rotatable bonds is 7. The lowest BCUT2D eigenvalue weighted by atomic mass is 10.2. The SMILES string of the molecule is CCCCS(=O)(=O)Nc1nc2scc(-c3cccc(OC)c3)n2n1. The fourth-order valence-electron chi connectivity index (χ4n) is 2.23. The highest BCUT2D eigenvalue weighted by Gasteiger charge is 2.16. The number of methoxy groups -OCH3 is 1. The molecule has 7 nitrogen and oxygen atoms in total. The number of unbranched alkanes of at least 4 members (excludes halogenated alkanes) is 1. The standard InChI is InChI=1S/C15H18N4O3S2/c1-3-4-8-24(20,21)18-14-16-15-19(17-14)13(10-23-15)11-6-5-7-12(9-11)22-2/h5-7,9-10H,3-4,8H2,1-2H3,(H,17,18). The lowest BCUT2D eigenvalue weighted by molar-refractivity contribution is 0.415. The number of anilines is 1. The van der Waals surface area contributed by atoms with Gasteiger partial charge in [-0.25, -0.2) is 17.7 Å². The highest BCUT2D eigenvalue weighted by atomic mass is 32.2. The maximum absolute atomic E-state index is 12.0. The van der Waals surface area contributed by atoms with Gasteiger partial charge in [0.25, 0.3) is 5.95 Å². The van der Waals surface area contributed by atoms with Crippen molar-refractivity contribution in [2.24, 2.45) is 0 Å². The maximum atomic E-state index is 12.0. The van der Waals surface area contributed by atoms with Gasteiger partial charge in [-0.3, -0.25) is 0 Å². The van der Waals surface area contributed by atoms with Gasteiger partial charge in [-0.1, -0.05) is 25.5 Å². The minimum atomic E-state index is -3.41. The van der Waals surface area contributed by atoms with Crippen LogP contribution < -0.4 is 9.46 Å². The first-order chi connectivity index (χ1) is 11.5. The van der Waals surface area contributed by atoms with E-state index < -0.39 is 10.0 Å². The van der Waals surface area contributed by atoms with Gasteiger partial charge >= 0.3 is 0 Å². The normalized spacial score (nSPS) is 11.8. The van der Waals surface area contributed by atoms with E-state index in [0.29, 0.717) is 11.4 Å². The Hall–Kier alpha value is -2.13. The zero-order valence-corrected chi connectivity index (χ0v) is 15.0. The molecule has 0 spiro atoms. The van der Waals surface area contributed by atoms with Crippen LogP contribution in [0.25, 0.3) is 16.2 Å². The van der Waals surface area contributed by atoms with Crippen LogP contribution in [0.2, 0.25) is 0 Å². The number of aromatic nitrogens is 3. The van der Waals surface area contributed by atoms with E-state index in [4.69, 9.17) is 4.74 Å². The molecule has 0 aliphatic carbocycles. The van der Waals surface area contributed by atoms with Crippen LogP contribution in [0, 0.1) is 0 Å². The highest BCUT2D eigenvalue weighted by molar-refractivity contribution is 7.92. The van der Waals surface area contributed by atoms with Crippen LogP contribution in [0.4, 0.5) is 5.95 Å². The van der Waals surface area contributed by atoms with Crippen molar-refractivity contribution >= 4 is 32.3 Å². The molecular formula is C15H18N4O3S2. The average molecular weight is 366 g/mol. The fraction of sp³-hybridized carbons (Fsp3) is 0.333. The van der Waals surface area contributed by atoms with E-state index in [-0.39, 0.29) is 11.7 Å². The van der Waals surface area contributed by atoms with Crippen LogP contribution >= 0.6 is 11.3 Å². The number of thiazole rings is 1. The monoisotopic (exact) mass is 366 g/mol. The lowest BCUT2D eigenvalue weighted by Gasteiger charge is -2.03. The second-order valence-corrected chi connectivity index (χ2v) is 7.94. The molecule has 0 saturated heterocycles. The summed E-state index contributed by atoms with van der Waals surface area (Å²) in [6.07, 6.45) is 1.42. The Labute approximate surface area is 144 Å². The third kappa shape index (κ3) is 3.51. The molecular weight excluding hydrogens is 348 g/mol. The van der Waals surface area contributed by atoms with Gasteiger partial charge in [-0.2, -0.15) is 4.98 Å². The Bertz CT molecular complexity index is 947. The van der Waals surface area contributed by atoms with Crippen molar-refractivity contribution in [3.63, 3.8) is 0 Å². The molecule has 0 fully saturated rings. The Morgan fingerprint density at radius 3 is 2.96 bits per heavy atom. The van der Waals surface area contributed by atoms with E-state index in [9.17, 15) is 8.42 Å². The van der Waals surface area contributed by atoms with E-state index in [1.165, 1.54) is 11.3 Å².